The van der Waals surface area contributed by atoms with E-state index in [0.717, 1.165) is 38.5 Å². The van der Waals surface area contributed by atoms with Gasteiger partial charge in [0.1, 0.15) is 13.2 Å². The molecule has 0 heterocycles. The zero-order valence-electron chi connectivity index (χ0n) is 50.3. The lowest BCUT2D eigenvalue weighted by molar-refractivity contribution is -0.870. The highest BCUT2D eigenvalue weighted by Gasteiger charge is 2.22. The van der Waals surface area contributed by atoms with Crippen LogP contribution in [0.2, 0.25) is 0 Å². The van der Waals surface area contributed by atoms with Crippen molar-refractivity contribution >= 4 is 17.9 Å². The summed E-state index contributed by atoms with van der Waals surface area (Å²) < 4.78 is 22.8. The van der Waals surface area contributed by atoms with Crippen molar-refractivity contribution in [3.63, 3.8) is 0 Å². The first kappa shape index (κ1) is 72.3. The fourth-order valence-corrected chi connectivity index (χ4v) is 10.1. The van der Waals surface area contributed by atoms with Crippen LogP contribution in [0, 0.1) is 0 Å². The number of rotatable bonds is 62. The summed E-state index contributed by atoms with van der Waals surface area (Å²) in [5.41, 5.74) is 0. The number of ether oxygens (including phenoxy) is 4. The molecule has 0 spiro atoms. The number of hydrogen-bond donors (Lipinski definition) is 0. The maximum absolute atomic E-state index is 12.9. The van der Waals surface area contributed by atoms with Crippen molar-refractivity contribution in [2.24, 2.45) is 0 Å². The van der Waals surface area contributed by atoms with E-state index in [1.165, 1.54) is 276 Å². The van der Waals surface area contributed by atoms with E-state index in [4.69, 9.17) is 18.9 Å². The van der Waals surface area contributed by atoms with Gasteiger partial charge in [-0.2, -0.15) is 0 Å². The monoisotopic (exact) mass is 1050 g/mol. The molecule has 0 saturated heterocycles. The van der Waals surface area contributed by atoms with Crippen LogP contribution in [-0.4, -0.2) is 82.3 Å². The molecule has 74 heavy (non-hydrogen) atoms. The van der Waals surface area contributed by atoms with Gasteiger partial charge in [-0.1, -0.05) is 316 Å². The first-order chi connectivity index (χ1) is 36.1. The van der Waals surface area contributed by atoms with Crippen molar-refractivity contribution in [3.05, 3.63) is 0 Å². The molecule has 0 N–H and O–H groups in total. The summed E-state index contributed by atoms with van der Waals surface area (Å²) >= 11 is 0. The molecule has 0 aromatic rings. The number of carboxylic acids is 1. The second kappa shape index (κ2) is 57.5. The number of carbonyl (C=O) groups excluding carboxylic acids is 3. The molecule has 0 saturated carbocycles. The summed E-state index contributed by atoms with van der Waals surface area (Å²) in [6.45, 7) is 4.84. The number of quaternary nitrogens is 1. The van der Waals surface area contributed by atoms with Gasteiger partial charge in [0.05, 0.1) is 40.3 Å². The Balaban J connectivity index is 4.10. The predicted molar refractivity (Wildman–Crippen MR) is 311 cm³/mol. The molecule has 0 bridgehead atoms. The van der Waals surface area contributed by atoms with E-state index in [0.29, 0.717) is 17.4 Å². The Bertz CT molecular complexity index is 1180. The zero-order chi connectivity index (χ0) is 54.1. The number of nitrogens with zero attached hydrogens (tertiary/aromatic N) is 1. The third kappa shape index (κ3) is 58.0. The Kier molecular flexibility index (Phi) is 56.1. The van der Waals surface area contributed by atoms with Gasteiger partial charge in [-0.3, -0.25) is 9.59 Å². The molecule has 0 rings (SSSR count). The third-order valence-electron chi connectivity index (χ3n) is 15.1. The molecule has 2 unspecified atom stereocenters. The number of likely N-dealkylation sites (N-methyl/N-ethyl adjacent to an activating group) is 1. The fourth-order valence-electron chi connectivity index (χ4n) is 10.1. The molecular formula is C65H127NO8. The summed E-state index contributed by atoms with van der Waals surface area (Å²) in [5, 5.41) is 11.8. The van der Waals surface area contributed by atoms with E-state index < -0.39 is 24.3 Å². The van der Waals surface area contributed by atoms with Crippen molar-refractivity contribution < 1.29 is 42.9 Å². The SMILES string of the molecule is CCCCCCCCCCCCCCCCCCCCCCCCCCCCC(=O)OC(COC(=O)CCCCCCCCCCCCCCCCCCCCCCCCC)COC(OCC[N+](C)(C)C)C(=O)[O-]. The van der Waals surface area contributed by atoms with Gasteiger partial charge in [0.15, 0.2) is 12.4 Å². The average molecular weight is 1050 g/mol. The van der Waals surface area contributed by atoms with Crippen molar-refractivity contribution in [2.75, 3.05) is 47.5 Å². The minimum absolute atomic E-state index is 0.154. The lowest BCUT2D eigenvalue weighted by Gasteiger charge is -2.26. The number of esters is 2. The standard InChI is InChI=1S/C65H127NO8/c1-6-8-10-12-14-16-18-20-22-24-26-28-30-31-32-34-36-38-40-42-44-46-48-50-52-54-56-63(68)74-61(60-73-65(64(69)70)71-58-57-66(3,4)5)59-72-62(67)55-53-51-49-47-45-43-41-39-37-35-33-29-27-25-23-21-19-17-15-13-11-9-7-2/h61,65H,6-60H2,1-5H3. The van der Waals surface area contributed by atoms with Crippen LogP contribution in [0.1, 0.15) is 341 Å². The van der Waals surface area contributed by atoms with Crippen LogP contribution in [0.3, 0.4) is 0 Å². The van der Waals surface area contributed by atoms with Crippen molar-refractivity contribution in [1.29, 1.82) is 0 Å². The van der Waals surface area contributed by atoms with Crippen molar-refractivity contribution in [2.45, 2.75) is 354 Å². The molecule has 0 aromatic carbocycles. The lowest BCUT2D eigenvalue weighted by Crippen LogP contribution is -2.44. The van der Waals surface area contributed by atoms with Gasteiger partial charge in [-0.25, -0.2) is 0 Å². The number of unbranched alkanes of at least 4 members (excludes halogenated alkanes) is 47. The summed E-state index contributed by atoms with van der Waals surface area (Å²) in [6.07, 6.45) is 63.1. The molecule has 2 atom stereocenters. The summed E-state index contributed by atoms with van der Waals surface area (Å²) in [6, 6.07) is 0. The fraction of sp³-hybridized carbons (Fsp3) is 0.954. The van der Waals surface area contributed by atoms with Crippen molar-refractivity contribution in [1.82, 2.24) is 0 Å². The van der Waals surface area contributed by atoms with Crippen LogP contribution in [0.15, 0.2) is 0 Å². The van der Waals surface area contributed by atoms with Gasteiger partial charge in [0.25, 0.3) is 0 Å². The normalized spacial score (nSPS) is 12.6. The number of aliphatic carboxylic acids is 1. The first-order valence-corrected chi connectivity index (χ1v) is 32.7. The Labute approximate surface area is 460 Å². The van der Waals surface area contributed by atoms with Gasteiger partial charge >= 0.3 is 11.9 Å². The van der Waals surface area contributed by atoms with Crippen molar-refractivity contribution in [3.8, 4) is 0 Å². The molecule has 0 aliphatic rings. The van der Waals surface area contributed by atoms with E-state index in [1.807, 2.05) is 21.1 Å². The molecule has 0 aromatic heterocycles. The van der Waals surface area contributed by atoms with Gasteiger partial charge in [0, 0.05) is 12.8 Å². The number of carbonyl (C=O) groups is 3. The topological polar surface area (TPSA) is 111 Å². The highest BCUT2D eigenvalue weighted by molar-refractivity contribution is 5.70. The smallest absolute Gasteiger partial charge is 0.306 e. The van der Waals surface area contributed by atoms with Crippen LogP contribution in [0.25, 0.3) is 0 Å². The highest BCUT2D eigenvalue weighted by Crippen LogP contribution is 2.19. The maximum atomic E-state index is 12.9. The van der Waals surface area contributed by atoms with E-state index in [2.05, 4.69) is 13.8 Å². The third-order valence-corrected chi connectivity index (χ3v) is 15.1. The summed E-state index contributed by atoms with van der Waals surface area (Å²) in [7, 11) is 5.94. The molecular weight excluding hydrogens is 923 g/mol. The van der Waals surface area contributed by atoms with Gasteiger partial charge in [0.2, 0.25) is 0 Å². The summed E-state index contributed by atoms with van der Waals surface area (Å²) in [5.74, 6) is -2.25. The minimum Gasteiger partial charge on any atom is -0.545 e. The van der Waals surface area contributed by atoms with Crippen LogP contribution in [0.5, 0.6) is 0 Å². The summed E-state index contributed by atoms with van der Waals surface area (Å²) in [4.78, 5) is 37.4. The molecule has 440 valence electrons. The molecule has 0 amide bonds. The minimum atomic E-state index is -1.61. The molecule has 0 radical (unpaired) electrons. The number of carboxylic acid groups (broad SMARTS) is 1. The molecule has 0 aliphatic heterocycles. The van der Waals surface area contributed by atoms with Gasteiger partial charge in [-0.05, 0) is 12.8 Å². The van der Waals surface area contributed by atoms with Crippen LogP contribution < -0.4 is 5.11 Å². The Morgan fingerprint density at radius 2 is 0.608 bits per heavy atom. The van der Waals surface area contributed by atoms with E-state index >= 15 is 0 Å². The van der Waals surface area contributed by atoms with E-state index in [-0.39, 0.29) is 32.2 Å². The second-order valence-electron chi connectivity index (χ2n) is 23.8. The Hall–Kier alpha value is -1.71. The Morgan fingerprint density at radius 3 is 0.865 bits per heavy atom. The number of hydrogen-bond acceptors (Lipinski definition) is 8. The molecule has 0 fully saturated rings. The Morgan fingerprint density at radius 1 is 0.351 bits per heavy atom. The maximum Gasteiger partial charge on any atom is 0.306 e. The van der Waals surface area contributed by atoms with E-state index in [9.17, 15) is 19.5 Å². The second-order valence-corrected chi connectivity index (χ2v) is 23.8. The first-order valence-electron chi connectivity index (χ1n) is 32.7. The highest BCUT2D eigenvalue weighted by atomic mass is 16.7. The molecule has 0 aliphatic carbocycles. The largest absolute Gasteiger partial charge is 0.545 e. The van der Waals surface area contributed by atoms with Crippen LogP contribution >= 0.6 is 0 Å². The van der Waals surface area contributed by atoms with Crippen LogP contribution in [0.4, 0.5) is 0 Å². The van der Waals surface area contributed by atoms with E-state index in [1.54, 1.807) is 0 Å². The predicted octanol–water partition coefficient (Wildman–Crippen LogP) is 18.2. The van der Waals surface area contributed by atoms with Gasteiger partial charge in [-0.15, -0.1) is 0 Å². The zero-order valence-corrected chi connectivity index (χ0v) is 50.3. The average Bonchev–Trinajstić information content (AvgIpc) is 3.37. The molecule has 9 heteroatoms. The lowest BCUT2D eigenvalue weighted by atomic mass is 10.0. The van der Waals surface area contributed by atoms with Crippen LogP contribution in [-0.2, 0) is 33.3 Å². The quantitative estimate of drug-likeness (QED) is 0.0256. The van der Waals surface area contributed by atoms with Gasteiger partial charge < -0.3 is 33.3 Å². The molecule has 9 nitrogen and oxygen atoms in total.